The molecule has 1 aromatic rings. The fourth-order valence-corrected chi connectivity index (χ4v) is 3.87. The Labute approximate surface area is 168 Å². The number of nitrogens with one attached hydrogen (secondary N) is 1. The minimum atomic E-state index is -3.62. The molecule has 0 spiro atoms. The van der Waals surface area contributed by atoms with Gasteiger partial charge in [0.05, 0.1) is 12.9 Å². The second kappa shape index (κ2) is 8.91. The van der Waals surface area contributed by atoms with Gasteiger partial charge in [0.25, 0.3) is 15.9 Å². The Bertz CT molecular complexity index is 997. The van der Waals surface area contributed by atoms with Gasteiger partial charge in [-0.15, -0.1) is 4.40 Å². The fraction of sp³-hybridized carbons (Fsp3) is 0.316. The van der Waals surface area contributed by atoms with Crippen LogP contribution in [0.25, 0.3) is 0 Å². The summed E-state index contributed by atoms with van der Waals surface area (Å²) < 4.78 is 37.4. The average molecular weight is 419 g/mol. The van der Waals surface area contributed by atoms with Crippen molar-refractivity contribution in [1.82, 2.24) is 10.2 Å². The summed E-state index contributed by atoms with van der Waals surface area (Å²) in [5, 5.41) is 2.67. The number of allylic oxidation sites excluding steroid dienone is 2. The van der Waals surface area contributed by atoms with Crippen LogP contribution in [0.3, 0.4) is 0 Å². The van der Waals surface area contributed by atoms with E-state index in [0.717, 1.165) is 11.3 Å². The van der Waals surface area contributed by atoms with E-state index in [1.165, 1.54) is 6.08 Å². The van der Waals surface area contributed by atoms with Gasteiger partial charge in [0.15, 0.2) is 12.4 Å². The van der Waals surface area contributed by atoms with Crippen molar-refractivity contribution in [2.24, 2.45) is 4.40 Å². The second-order valence-corrected chi connectivity index (χ2v) is 8.06. The Morgan fingerprint density at radius 2 is 2.07 bits per heavy atom. The Kier molecular flexibility index (Phi) is 6.32. The lowest BCUT2D eigenvalue weighted by atomic mass is 10.1. The Morgan fingerprint density at radius 3 is 2.86 bits per heavy atom. The van der Waals surface area contributed by atoms with Gasteiger partial charge in [0.2, 0.25) is 0 Å². The van der Waals surface area contributed by atoms with Gasteiger partial charge in [-0.05, 0) is 30.2 Å². The third-order valence-electron chi connectivity index (χ3n) is 4.32. The molecule has 1 aromatic carbocycles. The minimum Gasteiger partial charge on any atom is -0.496 e. The van der Waals surface area contributed by atoms with Crippen LogP contribution in [0.1, 0.15) is 5.56 Å². The van der Waals surface area contributed by atoms with E-state index in [1.807, 2.05) is 24.3 Å². The second-order valence-electron chi connectivity index (χ2n) is 6.30. The third-order valence-corrected chi connectivity index (χ3v) is 5.47. The molecule has 3 rings (SSSR count). The average Bonchev–Trinajstić information content (AvgIpc) is 2.71. The van der Waals surface area contributed by atoms with E-state index in [9.17, 15) is 18.0 Å². The van der Waals surface area contributed by atoms with E-state index in [1.54, 1.807) is 24.3 Å². The fourth-order valence-electron chi connectivity index (χ4n) is 2.88. The van der Waals surface area contributed by atoms with Crippen LogP contribution >= 0.6 is 0 Å². The van der Waals surface area contributed by atoms with Crippen LogP contribution in [0.2, 0.25) is 0 Å². The molecule has 1 N–H and O–H groups in total. The summed E-state index contributed by atoms with van der Waals surface area (Å²) in [5.74, 6) is -0.651. The molecule has 0 bridgehead atoms. The van der Waals surface area contributed by atoms with Crippen molar-refractivity contribution >= 4 is 27.7 Å². The molecule has 0 fully saturated rings. The zero-order valence-corrected chi connectivity index (χ0v) is 16.6. The highest BCUT2D eigenvalue weighted by Gasteiger charge is 2.30. The number of hydrogen-bond acceptors (Lipinski definition) is 7. The van der Waals surface area contributed by atoms with Crippen LogP contribution in [0.5, 0.6) is 5.75 Å². The first kappa shape index (κ1) is 20.6. The standard InChI is InChI=1S/C19H21N3O6S/c1-27-16-7-3-2-5-14(16)8-9-20-17(23)13-28-19(24)15-6-4-10-22-11-12-29(25,26)21-18(15)22/h2-7,10H,8-9,11-13H2,1H3,(H,20,23). The molecule has 0 saturated carbocycles. The SMILES string of the molecule is COc1ccccc1CCNC(=O)COC(=O)C1=CC=CN2CCS(=O)(=O)N=C12. The monoisotopic (exact) mass is 419 g/mol. The zero-order chi connectivity index (χ0) is 20.9. The number of amides is 1. The van der Waals surface area contributed by atoms with Crippen LogP contribution in [-0.2, 0) is 30.8 Å². The summed E-state index contributed by atoms with van der Waals surface area (Å²) in [6.07, 6.45) is 5.21. The van der Waals surface area contributed by atoms with Crippen LogP contribution < -0.4 is 10.1 Å². The van der Waals surface area contributed by atoms with E-state index in [4.69, 9.17) is 9.47 Å². The van der Waals surface area contributed by atoms with E-state index in [2.05, 4.69) is 9.71 Å². The van der Waals surface area contributed by atoms with Crippen molar-refractivity contribution in [1.29, 1.82) is 0 Å². The van der Waals surface area contributed by atoms with Crippen molar-refractivity contribution in [3.63, 3.8) is 0 Å². The maximum Gasteiger partial charge on any atom is 0.342 e. The number of amidine groups is 1. The molecule has 0 saturated heterocycles. The molecule has 29 heavy (non-hydrogen) atoms. The number of carbonyl (C=O) groups is 2. The van der Waals surface area contributed by atoms with Gasteiger partial charge in [-0.25, -0.2) is 13.2 Å². The number of carbonyl (C=O) groups excluding carboxylic acids is 2. The molecule has 0 unspecified atom stereocenters. The Balaban J connectivity index is 1.51. The lowest BCUT2D eigenvalue weighted by Crippen LogP contribution is -2.40. The maximum absolute atomic E-state index is 12.3. The summed E-state index contributed by atoms with van der Waals surface area (Å²) in [6.45, 7) is 0.0679. The molecular formula is C19H21N3O6S. The molecule has 2 aliphatic heterocycles. The molecule has 0 radical (unpaired) electrons. The number of hydrogen-bond donors (Lipinski definition) is 1. The van der Waals surface area contributed by atoms with Crippen molar-refractivity contribution < 1.29 is 27.5 Å². The number of esters is 1. The lowest BCUT2D eigenvalue weighted by Gasteiger charge is -2.28. The van der Waals surface area contributed by atoms with Gasteiger partial charge in [-0.1, -0.05) is 18.2 Å². The van der Waals surface area contributed by atoms with E-state index in [-0.39, 0.29) is 23.7 Å². The van der Waals surface area contributed by atoms with E-state index in [0.29, 0.717) is 13.0 Å². The molecule has 10 heteroatoms. The number of methoxy groups -OCH3 is 1. The first-order chi connectivity index (χ1) is 13.9. The highest BCUT2D eigenvalue weighted by molar-refractivity contribution is 7.90. The largest absolute Gasteiger partial charge is 0.496 e. The Morgan fingerprint density at radius 1 is 1.28 bits per heavy atom. The predicted molar refractivity (Wildman–Crippen MR) is 106 cm³/mol. The predicted octanol–water partition coefficient (Wildman–Crippen LogP) is 0.395. The molecule has 0 aromatic heterocycles. The van der Waals surface area contributed by atoms with Crippen LogP contribution in [0.4, 0.5) is 0 Å². The summed E-state index contributed by atoms with van der Waals surface area (Å²) in [6, 6.07) is 7.48. The van der Waals surface area contributed by atoms with Crippen molar-refractivity contribution in [2.75, 3.05) is 32.6 Å². The molecule has 0 aliphatic carbocycles. The number of rotatable bonds is 7. The summed E-state index contributed by atoms with van der Waals surface area (Å²) >= 11 is 0. The van der Waals surface area contributed by atoms with Gasteiger partial charge in [0.1, 0.15) is 11.3 Å². The smallest absolute Gasteiger partial charge is 0.342 e. The topological polar surface area (TPSA) is 114 Å². The summed E-state index contributed by atoms with van der Waals surface area (Å²) in [4.78, 5) is 25.9. The number of nitrogens with zero attached hydrogens (tertiary/aromatic N) is 2. The lowest BCUT2D eigenvalue weighted by molar-refractivity contribution is -0.144. The normalized spacial score (nSPS) is 16.9. The molecule has 9 nitrogen and oxygen atoms in total. The number of para-hydroxylation sites is 1. The first-order valence-corrected chi connectivity index (χ1v) is 10.5. The molecular weight excluding hydrogens is 398 g/mol. The van der Waals surface area contributed by atoms with Gasteiger partial charge in [-0.3, -0.25) is 4.79 Å². The Hall–Kier alpha value is -3.14. The number of ether oxygens (including phenoxy) is 2. The van der Waals surface area contributed by atoms with Gasteiger partial charge < -0.3 is 19.7 Å². The van der Waals surface area contributed by atoms with Crippen LogP contribution in [0.15, 0.2) is 52.6 Å². The van der Waals surface area contributed by atoms with Crippen LogP contribution in [-0.4, -0.2) is 63.6 Å². The van der Waals surface area contributed by atoms with Gasteiger partial charge in [0, 0.05) is 19.3 Å². The molecule has 154 valence electrons. The molecule has 1 amide bonds. The molecule has 2 heterocycles. The summed E-state index contributed by atoms with van der Waals surface area (Å²) in [7, 11) is -2.04. The van der Waals surface area contributed by atoms with Crippen LogP contribution in [0, 0.1) is 0 Å². The maximum atomic E-state index is 12.3. The first-order valence-electron chi connectivity index (χ1n) is 8.93. The van der Waals surface area contributed by atoms with Crippen molar-refractivity contribution in [3.8, 4) is 5.75 Å². The van der Waals surface area contributed by atoms with Crippen molar-refractivity contribution in [3.05, 3.63) is 53.8 Å². The minimum absolute atomic E-state index is 0.00223. The highest BCUT2D eigenvalue weighted by atomic mass is 32.2. The van der Waals surface area contributed by atoms with E-state index < -0.39 is 28.5 Å². The third kappa shape index (κ3) is 5.23. The van der Waals surface area contributed by atoms with E-state index >= 15 is 0 Å². The highest BCUT2D eigenvalue weighted by Crippen LogP contribution is 2.19. The van der Waals surface area contributed by atoms with Crippen molar-refractivity contribution in [2.45, 2.75) is 6.42 Å². The van der Waals surface area contributed by atoms with Gasteiger partial charge in [-0.2, -0.15) is 0 Å². The quantitative estimate of drug-likeness (QED) is 0.636. The molecule has 0 atom stereocenters. The number of fused-ring (bicyclic) bond motifs is 1. The molecule has 2 aliphatic rings. The number of sulfonamides is 1. The van der Waals surface area contributed by atoms with Gasteiger partial charge >= 0.3 is 5.97 Å². The number of benzene rings is 1. The summed E-state index contributed by atoms with van der Waals surface area (Å²) in [5.41, 5.74) is 0.945. The zero-order valence-electron chi connectivity index (χ0n) is 15.8.